The fourth-order valence-electron chi connectivity index (χ4n) is 9.23. The molecule has 9 rings (SSSR count). The van der Waals surface area contributed by atoms with E-state index in [-0.39, 0.29) is 57.8 Å². The van der Waals surface area contributed by atoms with Crippen LogP contribution in [0.2, 0.25) is 0 Å². The Kier molecular flexibility index (Phi) is 17.1. The van der Waals surface area contributed by atoms with Crippen molar-refractivity contribution in [3.8, 4) is 0 Å². The summed E-state index contributed by atoms with van der Waals surface area (Å²) < 4.78 is 112. The van der Waals surface area contributed by atoms with Crippen LogP contribution in [0.3, 0.4) is 0 Å². The topological polar surface area (TPSA) is 571 Å². The Hall–Kier alpha value is -5.80. The second-order valence-corrected chi connectivity index (χ2v) is 24.8. The number of rotatable bonds is 22. The highest BCUT2D eigenvalue weighted by Gasteiger charge is 2.58. The number of hydrogen-bond donors (Lipinski definition) is 13. The molecule has 1 amide bonds. The SMILES string of the molecule is CCCNC(=O)OC[C@H]1[C@@H](O)[C@H]([n+]2cn(C)c3c(=O)[nH]c(N)nc32)O[C@@H]1COP(=O)(O)OP(=O)(O)OP(=O)(O)OC[C@H]1O[C@@H](n2cnc3c(N)ncnc32)[C@H](OC)[C@@H]1P(=O)(O)OC[C@H]1O[C@@H](n2cnc3c(=O)[nH]c(N)nc32)[C@H](O)[C@@H]1O. The van der Waals surface area contributed by atoms with Crippen molar-refractivity contribution in [3.05, 3.63) is 46.0 Å². The normalized spacial score (nSPS) is 29.0. The first-order valence-corrected chi connectivity index (χ1v) is 29.8. The number of H-pyrrole nitrogens is 2. The van der Waals surface area contributed by atoms with Crippen molar-refractivity contribution < 1.29 is 108 Å². The highest BCUT2D eigenvalue weighted by atomic mass is 31.3. The fourth-order valence-corrected chi connectivity index (χ4v) is 14.5. The number of imidazole rings is 3. The molecule has 44 heteroatoms. The van der Waals surface area contributed by atoms with Gasteiger partial charge in [-0.3, -0.25) is 46.9 Å². The van der Waals surface area contributed by atoms with Gasteiger partial charge in [0.05, 0.1) is 51.5 Å². The molecule has 16 N–H and O–H groups in total. The molecule has 3 aliphatic heterocycles. The van der Waals surface area contributed by atoms with E-state index in [2.05, 4.69) is 53.8 Å². The Morgan fingerprint density at radius 2 is 1.37 bits per heavy atom. The van der Waals surface area contributed by atoms with E-state index in [4.69, 9.17) is 54.5 Å². The molecule has 9 heterocycles. The van der Waals surface area contributed by atoms with Gasteiger partial charge in [-0.25, -0.2) is 43.0 Å². The van der Waals surface area contributed by atoms with Crippen LogP contribution in [-0.4, -0.2) is 183 Å². The lowest BCUT2D eigenvalue weighted by Crippen LogP contribution is -2.46. The van der Waals surface area contributed by atoms with E-state index in [0.717, 1.165) is 30.7 Å². The fraction of sp³-hybridized carbons (Fsp3) is 0.568. The maximum atomic E-state index is 14.5. The summed E-state index contributed by atoms with van der Waals surface area (Å²) in [4.78, 5) is 110. The molecule has 444 valence electrons. The number of anilines is 3. The van der Waals surface area contributed by atoms with Crippen molar-refractivity contribution in [2.45, 2.75) is 80.4 Å². The summed E-state index contributed by atoms with van der Waals surface area (Å²) in [6.45, 7) is -2.04. The van der Waals surface area contributed by atoms with Gasteiger partial charge in [-0.15, -0.1) is 0 Å². The number of aromatic nitrogens is 12. The Balaban J connectivity index is 0.893. The zero-order valence-corrected chi connectivity index (χ0v) is 45.6. The van der Waals surface area contributed by atoms with Gasteiger partial charge in [-0.1, -0.05) is 11.9 Å². The molecule has 3 aliphatic rings. The first-order chi connectivity index (χ1) is 38.1. The van der Waals surface area contributed by atoms with Crippen molar-refractivity contribution in [3.63, 3.8) is 0 Å². The zero-order chi connectivity index (χ0) is 58.7. The number of hydrogen-bond acceptors (Lipinski definition) is 29. The number of aliphatic hydroxyl groups excluding tert-OH is 3. The number of aryl methyl sites for hydroxylation is 1. The summed E-state index contributed by atoms with van der Waals surface area (Å²) in [5, 5.41) is 36.0. The monoisotopic (exact) mass is 1230 g/mol. The van der Waals surface area contributed by atoms with Crippen molar-refractivity contribution in [1.29, 1.82) is 0 Å². The predicted octanol–water partition coefficient (Wildman–Crippen LogP) is -3.25. The third kappa shape index (κ3) is 12.3. The van der Waals surface area contributed by atoms with E-state index in [1.807, 2.05) is 0 Å². The number of fused-ring (bicyclic) bond motifs is 3. The number of methoxy groups -OCH3 is 1. The molecule has 0 bridgehead atoms. The number of aromatic amines is 2. The van der Waals surface area contributed by atoms with Crippen LogP contribution in [0.25, 0.3) is 33.5 Å². The van der Waals surface area contributed by atoms with Gasteiger partial charge in [-0.05, 0) is 6.42 Å². The Bertz CT molecular complexity index is 3660. The average molecular weight is 1230 g/mol. The van der Waals surface area contributed by atoms with Crippen molar-refractivity contribution in [1.82, 2.24) is 58.9 Å². The summed E-state index contributed by atoms with van der Waals surface area (Å²) in [7, 11) is -21.0. The lowest BCUT2D eigenvalue weighted by Gasteiger charge is -2.28. The Morgan fingerprint density at radius 1 is 0.753 bits per heavy atom. The number of nitrogens with one attached hydrogen (secondary N) is 3. The Labute approximate surface area is 451 Å². The minimum Gasteiger partial charge on any atom is -0.449 e. The van der Waals surface area contributed by atoms with Crippen molar-refractivity contribution in [2.24, 2.45) is 13.0 Å². The van der Waals surface area contributed by atoms with Gasteiger partial charge in [0.15, 0.2) is 41.4 Å². The number of amides is 1. The molecule has 4 unspecified atom stereocenters. The van der Waals surface area contributed by atoms with Crippen LogP contribution in [0.4, 0.5) is 22.5 Å². The maximum absolute atomic E-state index is 14.5. The smallest absolute Gasteiger partial charge is 0.449 e. The molecule has 0 saturated carbocycles. The van der Waals surface area contributed by atoms with Gasteiger partial charge in [0.2, 0.25) is 17.7 Å². The third-order valence-corrected chi connectivity index (χ3v) is 19.0. The van der Waals surface area contributed by atoms with E-state index in [1.165, 1.54) is 27.1 Å². The number of carbonyl (C=O) groups excluding carboxylic acids is 1. The third-order valence-electron chi connectivity index (χ3n) is 12.8. The first-order valence-electron chi connectivity index (χ1n) is 23.7. The predicted molar refractivity (Wildman–Crippen MR) is 265 cm³/mol. The summed E-state index contributed by atoms with van der Waals surface area (Å²) in [5.41, 5.74) is 13.5. The van der Waals surface area contributed by atoms with Crippen LogP contribution in [-0.2, 0) is 71.2 Å². The van der Waals surface area contributed by atoms with Gasteiger partial charge in [-0.2, -0.15) is 13.6 Å². The summed E-state index contributed by atoms with van der Waals surface area (Å²) in [6.07, 6.45) is -12.4. The van der Waals surface area contributed by atoms with Gasteiger partial charge in [0.25, 0.3) is 17.1 Å². The molecule has 6 aromatic rings. The molecule has 0 aromatic carbocycles. The molecule has 0 aliphatic carbocycles. The van der Waals surface area contributed by atoms with Crippen LogP contribution in [0.5, 0.6) is 0 Å². The number of nitrogens with zero attached hydrogens (tertiary/aromatic N) is 10. The van der Waals surface area contributed by atoms with Crippen LogP contribution in [0.1, 0.15) is 32.0 Å². The van der Waals surface area contributed by atoms with Crippen molar-refractivity contribution in [2.75, 3.05) is 57.3 Å². The van der Waals surface area contributed by atoms with Crippen LogP contribution < -0.4 is 38.2 Å². The maximum Gasteiger partial charge on any atom is 0.490 e. The molecule has 81 heavy (non-hydrogen) atoms. The number of nitrogens with two attached hydrogens (primary N) is 3. The van der Waals surface area contributed by atoms with Crippen LogP contribution >= 0.6 is 31.1 Å². The zero-order valence-electron chi connectivity index (χ0n) is 42.0. The highest BCUT2D eigenvalue weighted by Crippen LogP contribution is 2.68. The molecule has 6 aromatic heterocycles. The minimum atomic E-state index is -6.27. The Morgan fingerprint density at radius 3 is 2.05 bits per heavy atom. The molecular formula is C37H53N16O24P4+. The largest absolute Gasteiger partial charge is 0.490 e. The van der Waals surface area contributed by atoms with E-state index in [9.17, 15) is 67.5 Å². The number of alkyl carbamates (subject to hydrolysis) is 1. The highest BCUT2D eigenvalue weighted by molar-refractivity contribution is 7.66. The standard InChI is InChI=1S/C37H52N16O24P4/c1-4-5-41-37(59)69-6-14-15(73-32(21(14)54)53-13-50(2)20-29(53)47-36(40)49-31(20)58)7-71-79(62,63)76-81(66,67)77-80(64,65)72-9-17-25(24(68-3)34(75-17)51-11-44-18-26(38)42-10-43-27(18)51)78(60,61)70-8-16-22(55)23(56)33(74-16)52-12-45-19-28(52)46-35(39)48-30(19)57/h10-17,21-25,32-34,54-56H,4-9H2,1-3H3,(H12-,38,39,40,41,42,43,46,47,48,49,57,58,59,60,61,62,63,64,65,66,67)/p+1/t14-,15-,16-,17-,21-,22-,23-,24-,25-,32-,33-,34-/m1/s1. The lowest BCUT2D eigenvalue weighted by molar-refractivity contribution is -0.745. The number of nitrogen functional groups attached to an aromatic ring is 3. The number of phosphoric acid groups is 3. The van der Waals surface area contributed by atoms with Gasteiger partial charge in [0, 0.05) is 13.7 Å². The number of carbonyl (C=O) groups is 1. The quantitative estimate of drug-likeness (QED) is 0.0234. The number of phosphoric ester groups is 2. The molecule has 3 fully saturated rings. The number of aliphatic hydroxyl groups is 3. The second kappa shape index (κ2) is 23.1. The van der Waals surface area contributed by atoms with Crippen LogP contribution in [0.15, 0.2) is 34.9 Å². The summed E-state index contributed by atoms with van der Waals surface area (Å²) in [5.74, 6) is -2.05. The minimum absolute atomic E-state index is 0.0138. The molecular weight excluding hydrogens is 1180 g/mol. The van der Waals surface area contributed by atoms with E-state index in [0.29, 0.717) is 6.42 Å². The second-order valence-electron chi connectivity index (χ2n) is 18.2. The average Bonchev–Trinajstić information content (AvgIpc) is 4.46. The number of ether oxygens (including phenoxy) is 5. The summed E-state index contributed by atoms with van der Waals surface area (Å²) >= 11 is 0. The van der Waals surface area contributed by atoms with Gasteiger partial charge in [0.1, 0.15) is 60.7 Å². The lowest BCUT2D eigenvalue weighted by atomic mass is 9.99. The molecule has 3 saturated heterocycles. The first kappa shape index (κ1) is 59.8. The molecule has 40 nitrogen and oxygen atoms in total. The molecule has 0 spiro atoms. The van der Waals surface area contributed by atoms with E-state index in [1.54, 1.807) is 6.92 Å². The van der Waals surface area contributed by atoms with E-state index >= 15 is 0 Å². The van der Waals surface area contributed by atoms with E-state index < -0.39 is 148 Å². The molecule has 16 atom stereocenters. The van der Waals surface area contributed by atoms with Crippen LogP contribution in [0, 0.1) is 5.92 Å². The molecule has 0 radical (unpaired) electrons. The van der Waals surface area contributed by atoms with Gasteiger partial charge < -0.3 is 85.6 Å². The summed E-state index contributed by atoms with van der Waals surface area (Å²) in [6, 6.07) is 0. The van der Waals surface area contributed by atoms with Gasteiger partial charge >= 0.3 is 42.8 Å². The van der Waals surface area contributed by atoms with Crippen molar-refractivity contribution >= 4 is 88.4 Å².